The van der Waals surface area contributed by atoms with Gasteiger partial charge < -0.3 is 14.2 Å². The summed E-state index contributed by atoms with van der Waals surface area (Å²) in [6.45, 7) is 6.71. The summed E-state index contributed by atoms with van der Waals surface area (Å²) in [4.78, 5) is 38.2. The third-order valence-electron chi connectivity index (χ3n) is 17.4. The zero-order chi connectivity index (χ0) is 57.8. The van der Waals surface area contributed by atoms with Crippen LogP contribution in [0.15, 0.2) is 0 Å². The van der Waals surface area contributed by atoms with Gasteiger partial charge in [-0.1, -0.05) is 400 Å². The minimum atomic E-state index is -0.762. The van der Waals surface area contributed by atoms with Crippen LogP contribution in [0.3, 0.4) is 0 Å². The van der Waals surface area contributed by atoms with Crippen LogP contribution in [0, 0.1) is 0 Å². The Hall–Kier alpha value is -1.59. The van der Waals surface area contributed by atoms with Crippen LogP contribution in [0.2, 0.25) is 0 Å². The van der Waals surface area contributed by atoms with Crippen LogP contribution in [0.25, 0.3) is 0 Å². The van der Waals surface area contributed by atoms with Crippen molar-refractivity contribution in [1.82, 2.24) is 0 Å². The van der Waals surface area contributed by atoms with Crippen molar-refractivity contribution in [2.24, 2.45) is 0 Å². The lowest BCUT2D eigenvalue weighted by atomic mass is 10.0. The summed E-state index contributed by atoms with van der Waals surface area (Å²) in [6.07, 6.45) is 83.3. The van der Waals surface area contributed by atoms with Gasteiger partial charge in [-0.3, -0.25) is 14.4 Å². The van der Waals surface area contributed by atoms with Crippen molar-refractivity contribution in [2.75, 3.05) is 13.2 Å². The Morgan fingerprint density at radius 3 is 0.500 bits per heavy atom. The van der Waals surface area contributed by atoms with E-state index < -0.39 is 6.10 Å². The Balaban J connectivity index is 3.97. The Morgan fingerprint density at radius 2 is 0.338 bits per heavy atom. The first-order chi connectivity index (χ1) is 39.5. The fourth-order valence-electron chi connectivity index (χ4n) is 11.8. The Morgan fingerprint density at radius 1 is 0.200 bits per heavy atom. The summed E-state index contributed by atoms with van der Waals surface area (Å²) in [5.41, 5.74) is 0. The number of hydrogen-bond acceptors (Lipinski definition) is 6. The maximum atomic E-state index is 12.9. The lowest BCUT2D eigenvalue weighted by Crippen LogP contribution is -2.30. The average Bonchev–Trinajstić information content (AvgIpc) is 3.46. The molecule has 0 aliphatic carbocycles. The van der Waals surface area contributed by atoms with Crippen molar-refractivity contribution in [3.05, 3.63) is 0 Å². The van der Waals surface area contributed by atoms with E-state index in [1.807, 2.05) is 0 Å². The normalized spacial score (nSPS) is 11.9. The summed E-state index contributed by atoms with van der Waals surface area (Å²) in [5, 5.41) is 0. The molecule has 0 N–H and O–H groups in total. The highest BCUT2D eigenvalue weighted by Gasteiger charge is 2.20. The molecule has 1 atom stereocenters. The Kier molecular flexibility index (Phi) is 68.5. The van der Waals surface area contributed by atoms with Gasteiger partial charge >= 0.3 is 17.9 Å². The lowest BCUT2D eigenvalue weighted by molar-refractivity contribution is -0.167. The van der Waals surface area contributed by atoms with Crippen molar-refractivity contribution in [3.8, 4) is 0 Å². The topological polar surface area (TPSA) is 78.9 Å². The molecule has 0 bridgehead atoms. The van der Waals surface area contributed by atoms with Crippen molar-refractivity contribution >= 4 is 17.9 Å². The second-order valence-corrected chi connectivity index (χ2v) is 25.6. The third-order valence-corrected chi connectivity index (χ3v) is 17.4. The maximum absolute atomic E-state index is 12.9. The summed E-state index contributed by atoms with van der Waals surface area (Å²) in [6, 6.07) is 0. The number of carbonyl (C=O) groups excluding carboxylic acids is 3. The van der Waals surface area contributed by atoms with Gasteiger partial charge in [-0.25, -0.2) is 0 Å². The maximum Gasteiger partial charge on any atom is 0.306 e. The van der Waals surface area contributed by atoms with E-state index in [2.05, 4.69) is 20.8 Å². The van der Waals surface area contributed by atoms with Crippen molar-refractivity contribution in [2.45, 2.75) is 444 Å². The van der Waals surface area contributed by atoms with E-state index in [-0.39, 0.29) is 31.1 Å². The monoisotopic (exact) mass is 1130 g/mol. The summed E-state index contributed by atoms with van der Waals surface area (Å²) in [7, 11) is 0. The second kappa shape index (κ2) is 69.9. The zero-order valence-corrected chi connectivity index (χ0v) is 54.9. The zero-order valence-electron chi connectivity index (χ0n) is 54.9. The van der Waals surface area contributed by atoms with Crippen molar-refractivity contribution in [1.29, 1.82) is 0 Å². The molecule has 0 aromatic heterocycles. The SMILES string of the molecule is CCCCCCCCCCCCCCCCCCCCCCCCCCCCCCCCCCC(=O)OCC(COC(=O)CCCCCCCCCC)OC(=O)CCCCCCCCCCCCCCCCCCCCCCCC. The highest BCUT2D eigenvalue weighted by Crippen LogP contribution is 2.20. The molecule has 0 aromatic carbocycles. The molecular formula is C74H144O6. The van der Waals surface area contributed by atoms with Crippen LogP contribution in [0.5, 0.6) is 0 Å². The molecule has 0 rings (SSSR count). The van der Waals surface area contributed by atoms with Gasteiger partial charge in [0, 0.05) is 19.3 Å². The van der Waals surface area contributed by atoms with E-state index in [9.17, 15) is 14.4 Å². The Labute approximate surface area is 501 Å². The quantitative estimate of drug-likeness (QED) is 0.0343. The van der Waals surface area contributed by atoms with Gasteiger partial charge in [-0.2, -0.15) is 0 Å². The fraction of sp³-hybridized carbons (Fsp3) is 0.959. The van der Waals surface area contributed by atoms with E-state index in [0.717, 1.165) is 57.8 Å². The molecule has 6 heteroatoms. The Bertz CT molecular complexity index is 1200. The number of carbonyl (C=O) groups is 3. The number of unbranched alkanes of at least 4 members (excludes halogenated alkanes) is 59. The van der Waals surface area contributed by atoms with E-state index in [0.29, 0.717) is 19.3 Å². The molecule has 0 radical (unpaired) electrons. The minimum Gasteiger partial charge on any atom is -0.462 e. The number of esters is 3. The molecule has 0 aliphatic heterocycles. The minimum absolute atomic E-state index is 0.0609. The van der Waals surface area contributed by atoms with E-state index in [1.54, 1.807) is 0 Å². The van der Waals surface area contributed by atoms with E-state index >= 15 is 0 Å². The number of ether oxygens (including phenoxy) is 3. The van der Waals surface area contributed by atoms with Crippen molar-refractivity contribution in [3.63, 3.8) is 0 Å². The molecule has 6 nitrogen and oxygen atoms in total. The van der Waals surface area contributed by atoms with Gasteiger partial charge in [0.2, 0.25) is 0 Å². The van der Waals surface area contributed by atoms with Gasteiger partial charge in [0.05, 0.1) is 0 Å². The van der Waals surface area contributed by atoms with Gasteiger partial charge in [0.15, 0.2) is 6.10 Å². The summed E-state index contributed by atoms with van der Waals surface area (Å²) >= 11 is 0. The molecular weight excluding hydrogens is 985 g/mol. The first-order valence-electron chi connectivity index (χ1n) is 37.0. The van der Waals surface area contributed by atoms with Crippen LogP contribution >= 0.6 is 0 Å². The summed E-state index contributed by atoms with van der Waals surface area (Å²) < 4.78 is 16.9. The van der Waals surface area contributed by atoms with Crippen molar-refractivity contribution < 1.29 is 28.6 Å². The molecule has 0 aromatic rings. The molecule has 80 heavy (non-hydrogen) atoms. The molecule has 0 heterocycles. The van der Waals surface area contributed by atoms with Gasteiger partial charge in [-0.05, 0) is 19.3 Å². The third kappa shape index (κ3) is 67.2. The van der Waals surface area contributed by atoms with Gasteiger partial charge in [-0.15, -0.1) is 0 Å². The predicted octanol–water partition coefficient (Wildman–Crippen LogP) is 25.4. The lowest BCUT2D eigenvalue weighted by Gasteiger charge is -2.18. The average molecular weight is 1130 g/mol. The summed E-state index contributed by atoms with van der Waals surface area (Å²) in [5.74, 6) is -0.828. The molecule has 0 spiro atoms. The van der Waals surface area contributed by atoms with Gasteiger partial charge in [0.1, 0.15) is 13.2 Å². The smallest absolute Gasteiger partial charge is 0.306 e. The van der Waals surface area contributed by atoms with E-state index in [1.165, 1.54) is 340 Å². The van der Waals surface area contributed by atoms with Gasteiger partial charge in [0.25, 0.3) is 0 Å². The second-order valence-electron chi connectivity index (χ2n) is 25.6. The fourth-order valence-corrected chi connectivity index (χ4v) is 11.8. The molecule has 0 saturated carbocycles. The van der Waals surface area contributed by atoms with Crippen LogP contribution in [0.1, 0.15) is 438 Å². The molecule has 0 saturated heterocycles. The molecule has 476 valence electrons. The van der Waals surface area contributed by atoms with Crippen LogP contribution in [0.4, 0.5) is 0 Å². The standard InChI is InChI=1S/C74H144O6/c1-4-7-10-13-16-19-21-23-25-27-29-31-33-34-35-36-37-38-39-40-41-42-44-45-47-49-51-53-55-58-61-64-67-73(76)79-70-71(69-78-72(75)66-63-60-57-18-15-12-9-6-3)80-74(77)68-65-62-59-56-54-52-50-48-46-43-32-30-28-26-24-22-20-17-14-11-8-5-2/h71H,4-70H2,1-3H3. The highest BCUT2D eigenvalue weighted by molar-refractivity contribution is 5.71. The first kappa shape index (κ1) is 78.4. The molecule has 0 amide bonds. The molecule has 0 fully saturated rings. The molecule has 1 unspecified atom stereocenters. The van der Waals surface area contributed by atoms with Crippen LogP contribution < -0.4 is 0 Å². The first-order valence-corrected chi connectivity index (χ1v) is 37.0. The number of rotatable bonds is 70. The predicted molar refractivity (Wildman–Crippen MR) is 349 cm³/mol. The largest absolute Gasteiger partial charge is 0.462 e. The molecule has 0 aliphatic rings. The van der Waals surface area contributed by atoms with Crippen LogP contribution in [-0.4, -0.2) is 37.2 Å². The van der Waals surface area contributed by atoms with Crippen LogP contribution in [-0.2, 0) is 28.6 Å². The number of hydrogen-bond donors (Lipinski definition) is 0. The van der Waals surface area contributed by atoms with E-state index in [4.69, 9.17) is 14.2 Å². The highest BCUT2D eigenvalue weighted by atomic mass is 16.6.